The molecule has 0 saturated heterocycles. The minimum atomic E-state index is -0.727. The van der Waals surface area contributed by atoms with Crippen LogP contribution in [0, 0.1) is 17.0 Å². The fraction of sp³-hybridized carbons (Fsp3) is 0.182. The molecular formula is C11H10ClN5O3. The zero-order valence-corrected chi connectivity index (χ0v) is 11.2. The SMILES string of the molecule is Cc1ccc(Cl)cc1NC(=O)Cn1cnc([N+](=O)[O-])n1. The molecule has 0 unspecified atom stereocenters. The summed E-state index contributed by atoms with van der Waals surface area (Å²) in [5.74, 6) is -0.924. The van der Waals surface area contributed by atoms with Crippen LogP contribution in [0.2, 0.25) is 5.02 Å². The van der Waals surface area contributed by atoms with Crippen LogP contribution in [0.15, 0.2) is 24.5 Å². The zero-order valence-electron chi connectivity index (χ0n) is 10.4. The largest absolute Gasteiger partial charge is 0.490 e. The van der Waals surface area contributed by atoms with Crippen molar-refractivity contribution in [2.24, 2.45) is 0 Å². The van der Waals surface area contributed by atoms with E-state index in [1.165, 1.54) is 0 Å². The van der Waals surface area contributed by atoms with Gasteiger partial charge in [0, 0.05) is 15.8 Å². The van der Waals surface area contributed by atoms with Crippen molar-refractivity contribution < 1.29 is 9.72 Å². The molecule has 0 bridgehead atoms. The van der Waals surface area contributed by atoms with Crippen molar-refractivity contribution in [3.63, 3.8) is 0 Å². The van der Waals surface area contributed by atoms with E-state index in [2.05, 4.69) is 15.4 Å². The first-order valence-corrected chi connectivity index (χ1v) is 5.93. The van der Waals surface area contributed by atoms with E-state index in [0.717, 1.165) is 16.6 Å². The molecule has 1 aromatic carbocycles. The van der Waals surface area contributed by atoms with Gasteiger partial charge >= 0.3 is 5.95 Å². The van der Waals surface area contributed by atoms with Crippen LogP contribution in [-0.2, 0) is 11.3 Å². The molecule has 0 aliphatic heterocycles. The van der Waals surface area contributed by atoms with Crippen LogP contribution in [0.25, 0.3) is 0 Å². The normalized spacial score (nSPS) is 10.3. The van der Waals surface area contributed by atoms with Crippen molar-refractivity contribution in [3.8, 4) is 0 Å². The van der Waals surface area contributed by atoms with Gasteiger partial charge in [-0.15, -0.1) is 0 Å². The van der Waals surface area contributed by atoms with Gasteiger partial charge in [-0.1, -0.05) is 22.7 Å². The summed E-state index contributed by atoms with van der Waals surface area (Å²) in [7, 11) is 0. The van der Waals surface area contributed by atoms with Gasteiger partial charge in [-0.3, -0.25) is 4.79 Å². The molecule has 0 fully saturated rings. The minimum Gasteiger partial charge on any atom is -0.390 e. The quantitative estimate of drug-likeness (QED) is 0.684. The summed E-state index contributed by atoms with van der Waals surface area (Å²) in [6, 6.07) is 5.12. The van der Waals surface area contributed by atoms with Crippen LogP contribution in [0.4, 0.5) is 11.6 Å². The van der Waals surface area contributed by atoms with E-state index in [-0.39, 0.29) is 12.5 Å². The molecule has 1 aromatic heterocycles. The molecule has 1 heterocycles. The summed E-state index contributed by atoms with van der Waals surface area (Å²) in [6.45, 7) is 1.65. The number of carbonyl (C=O) groups excluding carboxylic acids is 1. The number of carbonyl (C=O) groups is 1. The van der Waals surface area contributed by atoms with E-state index in [4.69, 9.17) is 11.6 Å². The number of nitrogens with one attached hydrogen (secondary N) is 1. The maximum atomic E-state index is 11.8. The van der Waals surface area contributed by atoms with Crippen LogP contribution in [0.1, 0.15) is 5.56 Å². The summed E-state index contributed by atoms with van der Waals surface area (Å²) in [5, 5.41) is 17.1. The number of anilines is 1. The number of aromatic nitrogens is 3. The molecule has 0 atom stereocenters. The monoisotopic (exact) mass is 295 g/mol. The first-order chi connectivity index (χ1) is 9.45. The highest BCUT2D eigenvalue weighted by Gasteiger charge is 2.15. The minimum absolute atomic E-state index is 0.174. The Morgan fingerprint density at radius 1 is 1.55 bits per heavy atom. The Morgan fingerprint density at radius 2 is 2.30 bits per heavy atom. The molecule has 104 valence electrons. The smallest absolute Gasteiger partial charge is 0.390 e. The standard InChI is InChI=1S/C11H10ClN5O3/c1-7-2-3-8(12)4-9(7)14-10(18)5-16-6-13-11(15-16)17(19)20/h2-4,6H,5H2,1H3,(H,14,18). The van der Waals surface area contributed by atoms with Crippen molar-refractivity contribution in [2.75, 3.05) is 5.32 Å². The fourth-order valence-corrected chi connectivity index (χ4v) is 1.68. The highest BCUT2D eigenvalue weighted by Crippen LogP contribution is 2.20. The molecule has 0 aliphatic carbocycles. The van der Waals surface area contributed by atoms with E-state index >= 15 is 0 Å². The number of hydrogen-bond acceptors (Lipinski definition) is 5. The predicted octanol–water partition coefficient (Wildman–Crippen LogP) is 1.79. The highest BCUT2D eigenvalue weighted by molar-refractivity contribution is 6.31. The second-order valence-corrected chi connectivity index (χ2v) is 4.44. The van der Waals surface area contributed by atoms with Crippen LogP contribution in [0.3, 0.4) is 0 Å². The maximum absolute atomic E-state index is 11.8. The molecule has 1 amide bonds. The predicted molar refractivity (Wildman–Crippen MR) is 71.5 cm³/mol. The summed E-state index contributed by atoms with van der Waals surface area (Å²) in [6.07, 6.45) is 1.13. The van der Waals surface area contributed by atoms with Gasteiger partial charge in [-0.2, -0.15) is 4.68 Å². The lowest BCUT2D eigenvalue weighted by atomic mass is 10.2. The number of aryl methyl sites for hydroxylation is 1. The fourth-order valence-electron chi connectivity index (χ4n) is 1.51. The number of halogens is 1. The Bertz CT molecular complexity index is 670. The topological polar surface area (TPSA) is 103 Å². The second-order valence-electron chi connectivity index (χ2n) is 4.01. The van der Waals surface area contributed by atoms with Gasteiger partial charge < -0.3 is 15.4 Å². The lowest BCUT2D eigenvalue weighted by Gasteiger charge is -2.07. The summed E-state index contributed by atoms with van der Waals surface area (Å²) in [4.78, 5) is 25.0. The molecule has 2 rings (SSSR count). The van der Waals surface area contributed by atoms with Crippen LogP contribution < -0.4 is 5.32 Å². The highest BCUT2D eigenvalue weighted by atomic mass is 35.5. The number of amides is 1. The van der Waals surface area contributed by atoms with Gasteiger partial charge in [0.2, 0.25) is 12.2 Å². The lowest BCUT2D eigenvalue weighted by Crippen LogP contribution is -2.19. The zero-order chi connectivity index (χ0) is 14.7. The Hall–Kier alpha value is -2.48. The van der Waals surface area contributed by atoms with Gasteiger partial charge in [0.1, 0.15) is 6.54 Å². The van der Waals surface area contributed by atoms with Gasteiger partial charge in [0.15, 0.2) is 0 Å². The lowest BCUT2D eigenvalue weighted by molar-refractivity contribution is -0.394. The van der Waals surface area contributed by atoms with Crippen LogP contribution in [0.5, 0.6) is 0 Å². The summed E-state index contributed by atoms with van der Waals surface area (Å²) >= 11 is 5.84. The Balaban J connectivity index is 2.05. The maximum Gasteiger partial charge on any atom is 0.490 e. The van der Waals surface area contributed by atoms with Crippen molar-refractivity contribution in [1.29, 1.82) is 0 Å². The van der Waals surface area contributed by atoms with Crippen molar-refractivity contribution in [2.45, 2.75) is 13.5 Å². The summed E-state index contributed by atoms with van der Waals surface area (Å²) in [5.41, 5.74) is 1.43. The molecule has 0 spiro atoms. The number of hydrogen-bond donors (Lipinski definition) is 1. The van der Waals surface area contributed by atoms with Crippen LogP contribution in [-0.4, -0.2) is 25.6 Å². The average Bonchev–Trinajstić information content (AvgIpc) is 2.82. The van der Waals surface area contributed by atoms with Gasteiger partial charge in [-0.05, 0) is 29.5 Å². The Morgan fingerprint density at radius 3 is 2.95 bits per heavy atom. The molecule has 1 N–H and O–H groups in total. The molecule has 0 aliphatic rings. The Labute approximate surface area is 118 Å². The molecular weight excluding hydrogens is 286 g/mol. The number of rotatable bonds is 4. The third-order valence-electron chi connectivity index (χ3n) is 2.47. The van der Waals surface area contributed by atoms with Crippen molar-refractivity contribution in [1.82, 2.24) is 14.8 Å². The van der Waals surface area contributed by atoms with E-state index < -0.39 is 10.9 Å². The summed E-state index contributed by atoms with van der Waals surface area (Å²) < 4.78 is 1.09. The van der Waals surface area contributed by atoms with E-state index in [1.807, 2.05) is 6.92 Å². The molecule has 0 radical (unpaired) electrons. The average molecular weight is 296 g/mol. The van der Waals surface area contributed by atoms with Crippen LogP contribution >= 0.6 is 11.6 Å². The third-order valence-corrected chi connectivity index (χ3v) is 2.70. The number of benzene rings is 1. The first kappa shape index (κ1) is 13.9. The number of nitrogens with zero attached hydrogens (tertiary/aromatic N) is 4. The molecule has 8 nitrogen and oxygen atoms in total. The molecule has 9 heteroatoms. The number of nitro groups is 1. The first-order valence-electron chi connectivity index (χ1n) is 5.55. The van der Waals surface area contributed by atoms with E-state index in [0.29, 0.717) is 10.7 Å². The third kappa shape index (κ3) is 3.29. The van der Waals surface area contributed by atoms with Gasteiger partial charge in [0.05, 0.1) is 0 Å². The molecule has 20 heavy (non-hydrogen) atoms. The molecule has 0 saturated carbocycles. The van der Waals surface area contributed by atoms with Crippen molar-refractivity contribution in [3.05, 3.63) is 45.2 Å². The van der Waals surface area contributed by atoms with E-state index in [1.54, 1.807) is 18.2 Å². The van der Waals surface area contributed by atoms with E-state index in [9.17, 15) is 14.9 Å². The molecule has 2 aromatic rings. The second kappa shape index (κ2) is 5.66. The van der Waals surface area contributed by atoms with Gasteiger partial charge in [0.25, 0.3) is 0 Å². The van der Waals surface area contributed by atoms with Gasteiger partial charge in [-0.25, -0.2) is 0 Å². The van der Waals surface area contributed by atoms with Crippen molar-refractivity contribution >= 4 is 29.1 Å². The Kier molecular flexibility index (Phi) is 3.94.